The maximum absolute atomic E-state index is 14.0. The molecule has 12 heteroatoms. The van der Waals surface area contributed by atoms with Crippen molar-refractivity contribution < 1.29 is 38.1 Å². The van der Waals surface area contributed by atoms with Crippen molar-refractivity contribution in [2.45, 2.75) is 38.6 Å². The monoisotopic (exact) mass is 665 g/mol. The SMILES string of the molecule is CCOC(=O)CN(CCc1ccc(OC)c(OC)c1)C(=O)CC1C(=O)N(CCc2ccc(OC)cc2)CC(=O)N1CCc1cccs1. The number of piperazine rings is 1. The molecule has 0 bridgehead atoms. The molecule has 0 saturated carbocycles. The highest BCUT2D eigenvalue weighted by Crippen LogP contribution is 2.28. The summed E-state index contributed by atoms with van der Waals surface area (Å²) in [4.78, 5) is 59.6. The van der Waals surface area contributed by atoms with E-state index in [4.69, 9.17) is 18.9 Å². The Hall–Kier alpha value is -4.58. The Morgan fingerprint density at radius 2 is 1.64 bits per heavy atom. The van der Waals surface area contributed by atoms with Crippen molar-refractivity contribution in [1.29, 1.82) is 0 Å². The summed E-state index contributed by atoms with van der Waals surface area (Å²) < 4.78 is 21.1. The molecule has 47 heavy (non-hydrogen) atoms. The fourth-order valence-electron chi connectivity index (χ4n) is 5.51. The molecule has 1 saturated heterocycles. The number of amides is 3. The fraction of sp³-hybridized carbons (Fsp3) is 0.429. The first-order chi connectivity index (χ1) is 22.8. The van der Waals surface area contributed by atoms with Crippen LogP contribution in [0, 0.1) is 0 Å². The number of rotatable bonds is 17. The van der Waals surface area contributed by atoms with Crippen LogP contribution in [0.1, 0.15) is 29.3 Å². The van der Waals surface area contributed by atoms with Crippen LogP contribution in [-0.2, 0) is 43.2 Å². The molecular weight excluding hydrogens is 622 g/mol. The number of benzene rings is 2. The van der Waals surface area contributed by atoms with E-state index in [1.165, 1.54) is 14.7 Å². The number of carbonyl (C=O) groups is 4. The maximum atomic E-state index is 14.0. The largest absolute Gasteiger partial charge is 0.497 e. The molecule has 0 radical (unpaired) electrons. The van der Waals surface area contributed by atoms with Gasteiger partial charge in [0.25, 0.3) is 0 Å². The van der Waals surface area contributed by atoms with Crippen LogP contribution in [0.25, 0.3) is 0 Å². The quantitative estimate of drug-likeness (QED) is 0.201. The Kier molecular flexibility index (Phi) is 13.0. The van der Waals surface area contributed by atoms with Crippen molar-refractivity contribution in [3.8, 4) is 17.2 Å². The minimum atomic E-state index is -0.995. The van der Waals surface area contributed by atoms with Crippen molar-refractivity contribution >= 4 is 35.0 Å². The average molecular weight is 666 g/mol. The van der Waals surface area contributed by atoms with E-state index in [1.54, 1.807) is 45.7 Å². The summed E-state index contributed by atoms with van der Waals surface area (Å²) >= 11 is 1.58. The molecule has 3 amide bonds. The third-order valence-corrected chi connectivity index (χ3v) is 9.03. The normalized spacial score (nSPS) is 14.6. The molecule has 2 heterocycles. The molecule has 0 spiro atoms. The van der Waals surface area contributed by atoms with Crippen molar-refractivity contribution in [2.75, 3.05) is 60.7 Å². The van der Waals surface area contributed by atoms with E-state index in [0.29, 0.717) is 43.9 Å². The third-order valence-electron chi connectivity index (χ3n) is 8.09. The summed E-state index contributed by atoms with van der Waals surface area (Å²) in [6.45, 7) is 2.36. The molecule has 3 aromatic rings. The summed E-state index contributed by atoms with van der Waals surface area (Å²) in [5.41, 5.74) is 1.87. The Balaban J connectivity index is 1.52. The van der Waals surface area contributed by atoms with Crippen molar-refractivity contribution in [3.63, 3.8) is 0 Å². The van der Waals surface area contributed by atoms with Crippen LogP contribution in [-0.4, -0.2) is 105 Å². The number of esters is 1. The van der Waals surface area contributed by atoms with Gasteiger partial charge in [-0.05, 0) is 73.0 Å². The summed E-state index contributed by atoms with van der Waals surface area (Å²) in [5.74, 6) is 0.407. The number of nitrogens with zero attached hydrogens (tertiary/aromatic N) is 3. The van der Waals surface area contributed by atoms with Gasteiger partial charge in [-0.1, -0.05) is 24.3 Å². The summed E-state index contributed by atoms with van der Waals surface area (Å²) in [6.07, 6.45) is 1.27. The van der Waals surface area contributed by atoms with Crippen LogP contribution in [0.2, 0.25) is 0 Å². The lowest BCUT2D eigenvalue weighted by Crippen LogP contribution is -2.61. The molecule has 0 N–H and O–H groups in total. The van der Waals surface area contributed by atoms with Crippen LogP contribution < -0.4 is 14.2 Å². The summed E-state index contributed by atoms with van der Waals surface area (Å²) in [6, 6.07) is 16.0. The second kappa shape index (κ2) is 17.4. The first-order valence-corrected chi connectivity index (χ1v) is 16.5. The molecular formula is C35H43N3O8S. The zero-order chi connectivity index (χ0) is 33.8. The molecule has 1 unspecified atom stereocenters. The lowest BCUT2D eigenvalue weighted by Gasteiger charge is -2.40. The van der Waals surface area contributed by atoms with Gasteiger partial charge in [0, 0.05) is 24.5 Å². The number of hydrogen-bond donors (Lipinski definition) is 0. The Bertz CT molecular complexity index is 1490. The standard InChI is InChI=1S/C35H43N3O8S/c1-5-46-34(41)24-36(17-15-26-10-13-30(44-3)31(21-26)45-4)32(39)22-29-35(42)37(18-14-25-8-11-27(43-2)12-9-25)23-33(40)38(29)19-16-28-7-6-20-47-28/h6-13,20-21,29H,5,14-19,22-24H2,1-4H3. The molecule has 1 aliphatic heterocycles. The van der Waals surface area contributed by atoms with Gasteiger partial charge in [-0.15, -0.1) is 11.3 Å². The van der Waals surface area contributed by atoms with Gasteiger partial charge in [0.05, 0.1) is 40.9 Å². The smallest absolute Gasteiger partial charge is 0.325 e. The number of carbonyl (C=O) groups excluding carboxylic acids is 4. The molecule has 1 aromatic heterocycles. The zero-order valence-electron chi connectivity index (χ0n) is 27.4. The van der Waals surface area contributed by atoms with E-state index < -0.39 is 17.9 Å². The average Bonchev–Trinajstić information content (AvgIpc) is 3.61. The van der Waals surface area contributed by atoms with Crippen molar-refractivity contribution in [2.24, 2.45) is 0 Å². The van der Waals surface area contributed by atoms with Gasteiger partial charge < -0.3 is 33.6 Å². The fourth-order valence-corrected chi connectivity index (χ4v) is 6.21. The molecule has 252 valence electrons. The highest BCUT2D eigenvalue weighted by atomic mass is 32.1. The predicted octanol–water partition coefficient (Wildman–Crippen LogP) is 3.62. The van der Waals surface area contributed by atoms with Gasteiger partial charge in [0.1, 0.15) is 18.3 Å². The minimum absolute atomic E-state index is 0.0596. The van der Waals surface area contributed by atoms with E-state index in [9.17, 15) is 19.2 Å². The molecule has 4 rings (SSSR count). The summed E-state index contributed by atoms with van der Waals surface area (Å²) in [5, 5.41) is 1.96. The van der Waals surface area contributed by atoms with Gasteiger partial charge in [-0.3, -0.25) is 19.2 Å². The van der Waals surface area contributed by atoms with Crippen molar-refractivity contribution in [3.05, 3.63) is 76.0 Å². The molecule has 1 aliphatic rings. The Labute approximate surface area is 279 Å². The number of hydrogen-bond acceptors (Lipinski definition) is 9. The zero-order valence-corrected chi connectivity index (χ0v) is 28.3. The van der Waals surface area contributed by atoms with Crippen LogP contribution in [0.3, 0.4) is 0 Å². The summed E-state index contributed by atoms with van der Waals surface area (Å²) in [7, 11) is 4.70. The second-order valence-corrected chi connectivity index (χ2v) is 12.1. The number of ether oxygens (including phenoxy) is 4. The lowest BCUT2D eigenvalue weighted by molar-refractivity contribution is -0.158. The molecule has 1 atom stereocenters. The lowest BCUT2D eigenvalue weighted by atomic mass is 10.0. The Morgan fingerprint density at radius 3 is 2.30 bits per heavy atom. The van der Waals surface area contributed by atoms with Crippen molar-refractivity contribution in [1.82, 2.24) is 14.7 Å². The van der Waals surface area contributed by atoms with E-state index in [0.717, 1.165) is 21.8 Å². The second-order valence-electron chi connectivity index (χ2n) is 11.1. The van der Waals surface area contributed by atoms with Gasteiger partial charge in [-0.2, -0.15) is 0 Å². The van der Waals surface area contributed by atoms with E-state index in [1.807, 2.05) is 53.9 Å². The van der Waals surface area contributed by atoms with Gasteiger partial charge in [-0.25, -0.2) is 0 Å². The van der Waals surface area contributed by atoms with E-state index in [2.05, 4.69) is 0 Å². The van der Waals surface area contributed by atoms with Crippen LogP contribution in [0.5, 0.6) is 17.2 Å². The van der Waals surface area contributed by atoms with Gasteiger partial charge in [0.15, 0.2) is 11.5 Å². The van der Waals surface area contributed by atoms with Crippen LogP contribution in [0.4, 0.5) is 0 Å². The van der Waals surface area contributed by atoms with Gasteiger partial charge >= 0.3 is 5.97 Å². The topological polar surface area (TPSA) is 115 Å². The molecule has 11 nitrogen and oxygen atoms in total. The molecule has 0 aliphatic carbocycles. The first kappa shape index (κ1) is 35.3. The van der Waals surface area contributed by atoms with E-state index >= 15 is 0 Å². The first-order valence-electron chi connectivity index (χ1n) is 15.6. The number of methoxy groups -OCH3 is 3. The minimum Gasteiger partial charge on any atom is -0.497 e. The van der Waals surface area contributed by atoms with Crippen LogP contribution in [0.15, 0.2) is 60.0 Å². The predicted molar refractivity (Wildman–Crippen MR) is 178 cm³/mol. The maximum Gasteiger partial charge on any atom is 0.325 e. The number of thiophene rings is 1. The highest BCUT2D eigenvalue weighted by molar-refractivity contribution is 7.09. The van der Waals surface area contributed by atoms with E-state index in [-0.39, 0.29) is 44.5 Å². The van der Waals surface area contributed by atoms with Gasteiger partial charge in [0.2, 0.25) is 17.7 Å². The Morgan fingerprint density at radius 1 is 0.894 bits per heavy atom. The molecule has 1 fully saturated rings. The van der Waals surface area contributed by atoms with Crippen LogP contribution >= 0.6 is 11.3 Å². The molecule has 2 aromatic carbocycles. The third kappa shape index (κ3) is 9.71. The highest BCUT2D eigenvalue weighted by Gasteiger charge is 2.41.